The fraction of sp³-hybridized carbons (Fsp3) is 0.561. The number of aliphatic carboxylic acids is 3. The maximum Gasteiger partial charge on any atom is 0.408 e. The van der Waals surface area contributed by atoms with Crippen molar-refractivity contribution in [2.75, 3.05) is 40.5 Å². The molecule has 6 fully saturated rings. The van der Waals surface area contributed by atoms with E-state index in [0.29, 0.717) is 91.0 Å². The van der Waals surface area contributed by atoms with Gasteiger partial charge in [0.05, 0.1) is 39.0 Å². The van der Waals surface area contributed by atoms with E-state index >= 15 is 0 Å². The van der Waals surface area contributed by atoms with Crippen LogP contribution in [-0.2, 0) is 57.4 Å². The van der Waals surface area contributed by atoms with Crippen molar-refractivity contribution in [3.8, 4) is 51.4 Å². The fourth-order valence-corrected chi connectivity index (χ4v) is 18.8. The van der Waals surface area contributed by atoms with Crippen LogP contribution in [0.15, 0.2) is 121 Å². The zero-order chi connectivity index (χ0) is 100. The molecule has 7 aromatic rings. The van der Waals surface area contributed by atoms with Gasteiger partial charge < -0.3 is 90.3 Å². The number of rotatable bonds is 16. The van der Waals surface area contributed by atoms with Crippen LogP contribution in [0, 0.1) is 17.8 Å². The summed E-state index contributed by atoms with van der Waals surface area (Å²) in [7, 11) is 3.17. The number of tetrazole rings is 3. The van der Waals surface area contributed by atoms with Gasteiger partial charge in [0.2, 0.25) is 52.9 Å². The molecule has 9 heterocycles. The maximum absolute atomic E-state index is 14.3. The van der Waals surface area contributed by atoms with Gasteiger partial charge in [0.1, 0.15) is 86.9 Å². The summed E-state index contributed by atoms with van der Waals surface area (Å²) in [5, 5.41) is 87.9. The number of nitrogens with zero attached hydrogens (tertiary/aromatic N) is 15. The predicted octanol–water partition coefficient (Wildman–Crippen LogP) is 11.1. The number of fused-ring (bicyclic) bond motifs is 7. The minimum Gasteiger partial charge on any atom is -0.497 e. The second-order valence-corrected chi connectivity index (χ2v) is 40.1. The minimum atomic E-state index is -1.44. The molecule has 6 aliphatic heterocycles. The molecule has 822 valence electrons. The Balaban J connectivity index is 0.000000382. The van der Waals surface area contributed by atoms with Gasteiger partial charge in [-0.05, 0) is 216 Å². The van der Waals surface area contributed by atoms with Crippen molar-refractivity contribution in [1.82, 2.24) is 107 Å². The van der Waals surface area contributed by atoms with Crippen LogP contribution in [0.2, 0.25) is 0 Å². The summed E-state index contributed by atoms with van der Waals surface area (Å²) >= 11 is 0. The summed E-state index contributed by atoms with van der Waals surface area (Å²) in [4.78, 5) is 168. The normalized spacial score (nSPS) is 25.8. The highest BCUT2D eigenvalue weighted by atomic mass is 32.1. The zero-order valence-electron chi connectivity index (χ0n) is 85.6. The van der Waals surface area contributed by atoms with E-state index in [-0.39, 0.29) is 197 Å². The SMILES string of the molecule is CCOc1ccc(-c2nnn([C@@H]3C[C@H]4C(=O)N[C@]5(C(=O)O)C[C@H]5/C=C\CCCCC[C@H](NC(=O)OC(C)(C)C)C(=O)N4C3)n2)cc1.COc1ccc(-c2nnn([C@@H]3C[C@H]4C(=O)N[C@]5(C(=O)O)C[C@H]5/C=C\CCCCC[C@H](NC(=O)OC(C)(C)C)C(=O)N4C3)n2)c2ccccc12.COc1cccc(-c2nnn([C@@H]3C[C@H]4C(=O)N[C@]5(C(=O)O)C[C@H]5/C=C\CCCCC[C@H](NC(=O)OC(C)(C)C)C(=O)N4C3)n2)c1.S.S.S.S.S.S.S.S.S. The Bertz CT molecular complexity index is 5870. The molecule has 9 N–H and O–H groups in total. The monoisotopic (exact) mass is 2240 g/mol. The second-order valence-electron chi connectivity index (χ2n) is 40.1. The molecule has 15 atom stereocenters. The minimum absolute atomic E-state index is 0. The first-order chi connectivity index (χ1) is 66.7. The largest absolute Gasteiger partial charge is 0.497 e. The number of alkyl carbamates (subject to hydrolysis) is 3. The molecule has 4 aromatic carbocycles. The van der Waals surface area contributed by atoms with Crippen LogP contribution in [0.25, 0.3) is 44.9 Å². The molecule has 0 spiro atoms. The van der Waals surface area contributed by atoms with Gasteiger partial charge in [-0.15, -0.1) is 30.6 Å². The first-order valence-corrected chi connectivity index (χ1v) is 48.1. The first kappa shape index (κ1) is 129. The molecule has 0 unspecified atom stereocenters. The van der Waals surface area contributed by atoms with Crippen molar-refractivity contribution in [2.45, 2.75) is 292 Å². The van der Waals surface area contributed by atoms with Gasteiger partial charge in [-0.2, -0.15) is 136 Å². The summed E-state index contributed by atoms with van der Waals surface area (Å²) in [6.07, 6.45) is 20.6. The van der Waals surface area contributed by atoms with Crippen molar-refractivity contribution in [2.24, 2.45) is 17.8 Å². The lowest BCUT2D eigenvalue weighted by Gasteiger charge is -2.30. The van der Waals surface area contributed by atoms with Crippen LogP contribution in [0.3, 0.4) is 0 Å². The highest BCUT2D eigenvalue weighted by Crippen LogP contribution is 2.49. The number of methoxy groups -OCH3 is 2. The van der Waals surface area contributed by atoms with E-state index in [9.17, 15) is 72.9 Å². The highest BCUT2D eigenvalue weighted by Gasteiger charge is 2.64. The van der Waals surface area contributed by atoms with Crippen molar-refractivity contribution in [1.29, 1.82) is 0 Å². The summed E-state index contributed by atoms with van der Waals surface area (Å²) in [6, 6.07) is 18.3. The average Bonchev–Trinajstić information content (AvgIpc) is 1.61. The third-order valence-electron chi connectivity index (χ3n) is 26.3. The third-order valence-corrected chi connectivity index (χ3v) is 26.3. The first-order valence-electron chi connectivity index (χ1n) is 48.1. The Morgan fingerprint density at radius 3 is 1.10 bits per heavy atom. The number of amides is 9. The van der Waals surface area contributed by atoms with Crippen molar-refractivity contribution < 1.29 is 101 Å². The van der Waals surface area contributed by atoms with Crippen molar-refractivity contribution >= 4 is 204 Å². The van der Waals surface area contributed by atoms with Crippen LogP contribution in [0.1, 0.15) is 222 Å². The Kier molecular flexibility index (Phi) is 47.9. The smallest absolute Gasteiger partial charge is 0.408 e. The standard InChI is InChI=1S/C35H43N7O7.C32H43N7O7.C31H41N7O7.9H2S/c1-34(2,3)49-33(47)36-26-15-9-7-5-6-8-12-21-19-35(21,32(45)46)37-30(43)27-18-22(20-41(27)31(26)44)42-39-29(38-40-42)25-16-17-28(48-4)24-14-11-10-13-23(24)25;1-5-45-23-15-13-20(14-16-23)26-35-37-39(36-26)22-17-25-27(40)34-32(29(42)43)18-21(32)11-9-7-6-8-10-12-24(28(41)38(25)19-22)33-30(44)46-31(2,3)4;1-30(2,3)45-29(43)32-23-14-9-7-5-6-8-12-20-17-31(20,28(41)42)33-26(39)24-16-21(18-37(24)27(23)40)38-35-25(34-36-38)19-11-10-13-22(15-19)44-4;;;;;;;;;/h8,10-14,16-17,21-22,26-27H,5-7,9,15,18-20H2,1-4H3,(H,36,47)(H,37,43)(H,45,46);9,11,13-16,21-22,24-25H,5-8,10,12,17-19H2,1-4H3,(H,33,44)(H,34,40)(H,42,43);8,10-13,15,20-21,23-24H,5-7,9,14,16-18H2,1-4H3,(H,32,43)(H,33,39)(H,41,42);9*1H2/b12-8-;11-9-;12-8-;;;;;;;;;/t21-,22-,26+,27+,35-;21-,22-,24+,25+,32-;20-,21-,23+,24+,31-;;;;;;;;;/m111........./s1. The molecule has 149 heavy (non-hydrogen) atoms. The summed E-state index contributed by atoms with van der Waals surface area (Å²) < 4.78 is 32.7. The van der Waals surface area contributed by atoms with Gasteiger partial charge in [-0.1, -0.05) is 111 Å². The number of ether oxygens (including phenoxy) is 6. The average molecular weight is 2240 g/mol. The zero-order valence-corrected chi connectivity index (χ0v) is 94.6. The second kappa shape index (κ2) is 55.4. The molecule has 51 heteroatoms. The van der Waals surface area contributed by atoms with E-state index in [2.05, 4.69) is 78.1 Å². The number of carboxylic acid groups (broad SMARTS) is 3. The topological polar surface area (TPSA) is 534 Å². The number of hydrogen-bond donors (Lipinski definition) is 9. The number of carboxylic acids is 3. The van der Waals surface area contributed by atoms with E-state index < -0.39 is 159 Å². The molecular formula is C98H145N21O21S9. The number of benzene rings is 4. The number of aromatic nitrogens is 12. The van der Waals surface area contributed by atoms with Crippen LogP contribution >= 0.6 is 121 Å². The molecule has 16 rings (SSSR count). The van der Waals surface area contributed by atoms with E-state index in [1.165, 1.54) is 29.1 Å². The Hall–Kier alpha value is -10.8. The maximum atomic E-state index is 14.3. The summed E-state index contributed by atoms with van der Waals surface area (Å²) in [5.41, 5.74) is -4.49. The molecule has 9 aliphatic rings. The van der Waals surface area contributed by atoms with Crippen LogP contribution in [0.5, 0.6) is 17.2 Å². The number of nitrogens with one attached hydrogen (secondary N) is 6. The lowest BCUT2D eigenvalue weighted by molar-refractivity contribution is -0.146. The molecule has 0 bridgehead atoms. The molecule has 0 radical (unpaired) electrons. The molecular weight excluding hydrogens is 2100 g/mol. The summed E-state index contributed by atoms with van der Waals surface area (Å²) in [6.45, 7) is 18.2. The van der Waals surface area contributed by atoms with E-state index in [1.807, 2.05) is 110 Å². The highest BCUT2D eigenvalue weighted by molar-refractivity contribution is 7.60. The lowest BCUT2D eigenvalue weighted by atomic mass is 10.0. The predicted molar refractivity (Wildman–Crippen MR) is 598 cm³/mol. The number of allylic oxidation sites excluding steroid dienone is 3. The molecule has 42 nitrogen and oxygen atoms in total. The Morgan fingerprint density at radius 2 is 0.758 bits per heavy atom. The van der Waals surface area contributed by atoms with Crippen LogP contribution < -0.4 is 46.1 Å². The fourth-order valence-electron chi connectivity index (χ4n) is 18.8. The lowest BCUT2D eigenvalue weighted by Crippen LogP contribution is -2.56. The van der Waals surface area contributed by atoms with Crippen molar-refractivity contribution in [3.63, 3.8) is 0 Å². The van der Waals surface area contributed by atoms with Gasteiger partial charge in [0.15, 0.2) is 0 Å². The van der Waals surface area contributed by atoms with Crippen LogP contribution in [0.4, 0.5) is 14.4 Å². The Labute approximate surface area is 928 Å². The summed E-state index contributed by atoms with van der Waals surface area (Å²) in [5.74, 6) is -4.37. The third kappa shape index (κ3) is 31.9. The molecule has 3 saturated heterocycles. The molecule has 3 aromatic heterocycles. The van der Waals surface area contributed by atoms with E-state index in [4.69, 9.17) is 28.4 Å². The Morgan fingerprint density at radius 1 is 0.409 bits per heavy atom. The van der Waals surface area contributed by atoms with Gasteiger partial charge in [0.25, 0.3) is 0 Å². The van der Waals surface area contributed by atoms with Crippen molar-refractivity contribution in [3.05, 3.63) is 121 Å². The molecule has 3 saturated carbocycles. The van der Waals surface area contributed by atoms with Gasteiger partial charge in [0, 0.05) is 78.7 Å². The molecule has 9 amide bonds. The van der Waals surface area contributed by atoms with Gasteiger partial charge in [-0.3, -0.25) is 28.8 Å². The van der Waals surface area contributed by atoms with Crippen LogP contribution in [-0.4, -0.2) is 272 Å². The van der Waals surface area contributed by atoms with E-state index in [0.717, 1.165) is 74.1 Å². The number of carbonyl (C=O) groups is 12. The number of hydrogen-bond acceptors (Lipinski definition) is 27. The van der Waals surface area contributed by atoms with Gasteiger partial charge >= 0.3 is 36.2 Å². The molecule has 3 aliphatic carbocycles. The van der Waals surface area contributed by atoms with E-state index in [1.54, 1.807) is 94.7 Å². The number of carbonyl (C=O) groups excluding carboxylic acids is 9. The quantitative estimate of drug-likeness (QED) is 0.0320. The van der Waals surface area contributed by atoms with Gasteiger partial charge in [-0.25, -0.2) is 28.8 Å².